The van der Waals surface area contributed by atoms with Crippen molar-refractivity contribution in [2.45, 2.75) is 71.1 Å². The minimum Gasteiger partial charge on any atom is -0.462 e. The fourth-order valence-electron chi connectivity index (χ4n) is 4.06. The predicted octanol–water partition coefficient (Wildman–Crippen LogP) is 4.26. The third-order valence-electron chi connectivity index (χ3n) is 5.79. The Morgan fingerprint density at radius 1 is 0.939 bits per heavy atom. The maximum atomic E-state index is 12.0. The summed E-state index contributed by atoms with van der Waals surface area (Å²) in [5.74, 6) is -0.536. The molecule has 0 bridgehead atoms. The molecule has 7 heteroatoms. The van der Waals surface area contributed by atoms with Gasteiger partial charge in [-0.3, -0.25) is 4.79 Å². The van der Waals surface area contributed by atoms with Crippen molar-refractivity contribution in [3.8, 4) is 12.1 Å². The number of aldehydes is 1. The topological polar surface area (TPSA) is 115 Å². The summed E-state index contributed by atoms with van der Waals surface area (Å²) in [4.78, 5) is 22.9. The van der Waals surface area contributed by atoms with Crippen LogP contribution in [0.15, 0.2) is 45.8 Å². The van der Waals surface area contributed by atoms with E-state index in [-0.39, 0.29) is 17.8 Å². The van der Waals surface area contributed by atoms with Crippen molar-refractivity contribution in [2.24, 2.45) is 0 Å². The molecule has 176 valence electrons. The van der Waals surface area contributed by atoms with Crippen molar-refractivity contribution in [2.75, 3.05) is 19.7 Å². The van der Waals surface area contributed by atoms with Crippen LogP contribution in [0.1, 0.15) is 71.1 Å². The van der Waals surface area contributed by atoms with E-state index in [1.807, 2.05) is 24.3 Å². The normalized spacial score (nSPS) is 18.6. The largest absolute Gasteiger partial charge is 0.462 e. The molecule has 0 saturated carbocycles. The van der Waals surface area contributed by atoms with Gasteiger partial charge in [0, 0.05) is 24.5 Å². The molecule has 0 aliphatic heterocycles. The number of rotatable bonds is 12. The summed E-state index contributed by atoms with van der Waals surface area (Å²) in [6.45, 7) is 3.76. The molecule has 0 aromatic heterocycles. The molecule has 0 saturated heterocycles. The van der Waals surface area contributed by atoms with Crippen LogP contribution in [0.25, 0.3) is 0 Å². The number of unbranched alkanes of at least 4 members (excludes halogenated alkanes) is 3. The van der Waals surface area contributed by atoms with Crippen molar-refractivity contribution in [3.05, 3.63) is 45.8 Å². The summed E-state index contributed by atoms with van der Waals surface area (Å²) in [6, 6.07) is 3.98. The molecule has 2 N–H and O–H groups in total. The number of hydrogen-bond donors (Lipinski definition) is 2. The zero-order valence-electron chi connectivity index (χ0n) is 19.5. The van der Waals surface area contributed by atoms with E-state index in [2.05, 4.69) is 10.6 Å². The highest BCUT2D eigenvalue weighted by molar-refractivity contribution is 5.94. The number of nitrogens with one attached hydrogen (secondary N) is 2. The Balaban J connectivity index is 1.68. The summed E-state index contributed by atoms with van der Waals surface area (Å²) >= 11 is 0. The van der Waals surface area contributed by atoms with Crippen LogP contribution in [0.3, 0.4) is 0 Å². The second kappa shape index (κ2) is 14.7. The number of allylic oxidation sites excluding steroid dienone is 7. The molecule has 0 amide bonds. The lowest BCUT2D eigenvalue weighted by atomic mass is 9.95. The van der Waals surface area contributed by atoms with Gasteiger partial charge >= 0.3 is 5.97 Å². The van der Waals surface area contributed by atoms with Gasteiger partial charge in [-0.15, -0.1) is 0 Å². The average molecular weight is 451 g/mol. The number of ether oxygens (including phenoxy) is 1. The first kappa shape index (κ1) is 25.9. The van der Waals surface area contributed by atoms with E-state index < -0.39 is 5.97 Å². The molecule has 7 nitrogen and oxygen atoms in total. The molecule has 0 heterocycles. The van der Waals surface area contributed by atoms with E-state index in [0.717, 1.165) is 99.8 Å². The Morgan fingerprint density at radius 2 is 1.52 bits per heavy atom. The molecule has 0 fully saturated rings. The molecule has 0 aromatic carbocycles. The zero-order valence-corrected chi connectivity index (χ0v) is 19.5. The Bertz CT molecular complexity index is 913. The van der Waals surface area contributed by atoms with Crippen molar-refractivity contribution in [1.29, 1.82) is 10.5 Å². The van der Waals surface area contributed by atoms with Crippen LogP contribution < -0.4 is 10.6 Å². The molecular weight excluding hydrogens is 416 g/mol. The highest BCUT2D eigenvalue weighted by Gasteiger charge is 2.18. The van der Waals surface area contributed by atoms with Crippen LogP contribution in [-0.4, -0.2) is 32.0 Å². The summed E-state index contributed by atoms with van der Waals surface area (Å²) in [5.41, 5.74) is 4.15. The van der Waals surface area contributed by atoms with Crippen molar-refractivity contribution >= 4 is 12.3 Å². The number of carbonyl (C=O) groups is 2. The molecule has 0 unspecified atom stereocenters. The van der Waals surface area contributed by atoms with Crippen molar-refractivity contribution in [1.82, 2.24) is 10.6 Å². The van der Waals surface area contributed by atoms with Crippen molar-refractivity contribution < 1.29 is 14.3 Å². The molecule has 2 rings (SSSR count). The van der Waals surface area contributed by atoms with Crippen LogP contribution in [0.5, 0.6) is 0 Å². The molecule has 33 heavy (non-hydrogen) atoms. The molecule has 2 aliphatic rings. The smallest absolute Gasteiger partial charge is 0.349 e. The summed E-state index contributed by atoms with van der Waals surface area (Å²) in [5, 5.41) is 25.2. The number of esters is 1. The van der Waals surface area contributed by atoms with Gasteiger partial charge in [0.25, 0.3) is 0 Å². The molecule has 0 aromatic rings. The predicted molar refractivity (Wildman–Crippen MR) is 126 cm³/mol. The van der Waals surface area contributed by atoms with Gasteiger partial charge in [-0.25, -0.2) is 4.79 Å². The fraction of sp³-hybridized carbons (Fsp3) is 0.538. The van der Waals surface area contributed by atoms with Gasteiger partial charge in [-0.1, -0.05) is 12.8 Å². The minimum atomic E-state index is -0.536. The monoisotopic (exact) mass is 450 g/mol. The van der Waals surface area contributed by atoms with Crippen LogP contribution >= 0.6 is 0 Å². The first-order chi connectivity index (χ1) is 16.1. The SMILES string of the molecule is CCOC(=O)/C(C#N)=C1\C=C(NCCCCCCNC2=C/C(=C(/C#N)C=O)CCC2)CCC1. The maximum Gasteiger partial charge on any atom is 0.349 e. The Labute approximate surface area is 196 Å². The third-order valence-corrected chi connectivity index (χ3v) is 5.79. The van der Waals surface area contributed by atoms with E-state index in [1.54, 1.807) is 6.92 Å². The van der Waals surface area contributed by atoms with Gasteiger partial charge in [-0.2, -0.15) is 10.5 Å². The summed E-state index contributed by atoms with van der Waals surface area (Å²) in [6.07, 6.45) is 14.2. The molecule has 0 atom stereocenters. The number of nitrogens with zero attached hydrogens (tertiary/aromatic N) is 2. The highest BCUT2D eigenvalue weighted by Crippen LogP contribution is 2.24. The Hall–Kier alpha value is -3.32. The van der Waals surface area contributed by atoms with E-state index in [4.69, 9.17) is 10.00 Å². The van der Waals surface area contributed by atoms with Gasteiger partial charge in [-0.05, 0) is 81.6 Å². The third kappa shape index (κ3) is 8.61. The lowest BCUT2D eigenvalue weighted by molar-refractivity contribution is -0.138. The van der Waals surface area contributed by atoms with E-state index in [1.165, 1.54) is 0 Å². The minimum absolute atomic E-state index is 0.119. The molecular formula is C26H34N4O3. The summed E-state index contributed by atoms with van der Waals surface area (Å²) in [7, 11) is 0. The standard InChI is InChI=1S/C26H34N4O3/c1-2-33-26(32)25(18-28)21-10-8-12-24(16-21)30-14-6-4-3-5-13-29-23-11-7-9-20(15-23)22(17-27)19-31/h15-16,19,29-30H,2-14H2,1H3/b22-20-,25-21-. The summed E-state index contributed by atoms with van der Waals surface area (Å²) < 4.78 is 4.99. The second-order valence-electron chi connectivity index (χ2n) is 8.22. The maximum absolute atomic E-state index is 12.0. The van der Waals surface area contributed by atoms with Crippen LogP contribution in [0.4, 0.5) is 0 Å². The van der Waals surface area contributed by atoms with Crippen molar-refractivity contribution in [3.63, 3.8) is 0 Å². The van der Waals surface area contributed by atoms with Crippen LogP contribution in [-0.2, 0) is 14.3 Å². The quantitative estimate of drug-likeness (QED) is 0.150. The van der Waals surface area contributed by atoms with Gasteiger partial charge < -0.3 is 15.4 Å². The lowest BCUT2D eigenvalue weighted by Crippen LogP contribution is -2.19. The lowest BCUT2D eigenvalue weighted by Gasteiger charge is -2.18. The van der Waals surface area contributed by atoms with Gasteiger partial charge in [0.1, 0.15) is 17.7 Å². The number of carbonyl (C=O) groups excluding carboxylic acids is 2. The Morgan fingerprint density at radius 3 is 2.03 bits per heavy atom. The van der Waals surface area contributed by atoms with Gasteiger partial charge in [0.05, 0.1) is 12.2 Å². The molecule has 0 radical (unpaired) electrons. The van der Waals surface area contributed by atoms with E-state index >= 15 is 0 Å². The first-order valence-corrected chi connectivity index (χ1v) is 11.9. The van der Waals surface area contributed by atoms with E-state index in [9.17, 15) is 14.9 Å². The first-order valence-electron chi connectivity index (χ1n) is 11.9. The van der Waals surface area contributed by atoms with Crippen LogP contribution in [0, 0.1) is 22.7 Å². The molecule has 2 aliphatic carbocycles. The fourth-order valence-corrected chi connectivity index (χ4v) is 4.06. The zero-order chi connectivity index (χ0) is 23.9. The van der Waals surface area contributed by atoms with Gasteiger partial charge in [0.15, 0.2) is 6.29 Å². The number of nitriles is 2. The Kier molecular flexibility index (Phi) is 11.5. The highest BCUT2D eigenvalue weighted by atomic mass is 16.5. The van der Waals surface area contributed by atoms with Gasteiger partial charge in [0.2, 0.25) is 0 Å². The molecule has 0 spiro atoms. The second-order valence-corrected chi connectivity index (χ2v) is 8.22. The number of hydrogen-bond acceptors (Lipinski definition) is 7. The average Bonchev–Trinajstić information content (AvgIpc) is 2.83. The van der Waals surface area contributed by atoms with E-state index in [0.29, 0.717) is 6.29 Å². The van der Waals surface area contributed by atoms with Crippen LogP contribution in [0.2, 0.25) is 0 Å².